The van der Waals surface area contributed by atoms with Crippen LogP contribution in [0.25, 0.3) is 0 Å². The summed E-state index contributed by atoms with van der Waals surface area (Å²) in [6.07, 6.45) is 1.91. The fourth-order valence-electron chi connectivity index (χ4n) is 2.75. The molecule has 0 aliphatic rings. The molecule has 0 atom stereocenters. The molecular weight excluding hydrogens is 397 g/mol. The predicted molar refractivity (Wildman–Crippen MR) is 111 cm³/mol. The Kier molecular flexibility index (Phi) is 6.60. The minimum atomic E-state index is -0.0753. The summed E-state index contributed by atoms with van der Waals surface area (Å²) >= 11 is 12.2. The SMILES string of the molecule is CCn1ccc(CN(C)C(=O)c2cccc(COc3cccc(Cl)c3Cl)c2)n1. The van der Waals surface area contributed by atoms with E-state index in [0.29, 0.717) is 27.9 Å². The largest absolute Gasteiger partial charge is 0.487 e. The zero-order valence-electron chi connectivity index (χ0n) is 15.7. The Balaban J connectivity index is 1.66. The second-order valence-electron chi connectivity index (χ2n) is 6.36. The van der Waals surface area contributed by atoms with Gasteiger partial charge >= 0.3 is 0 Å². The van der Waals surface area contributed by atoms with E-state index in [1.165, 1.54) is 0 Å². The van der Waals surface area contributed by atoms with Crippen molar-refractivity contribution < 1.29 is 9.53 Å². The van der Waals surface area contributed by atoms with Gasteiger partial charge in [0.05, 0.1) is 17.3 Å². The molecule has 0 aliphatic heterocycles. The van der Waals surface area contributed by atoms with Crippen molar-refractivity contribution in [2.45, 2.75) is 26.6 Å². The Morgan fingerprint density at radius 3 is 2.71 bits per heavy atom. The molecule has 0 saturated carbocycles. The number of hydrogen-bond donors (Lipinski definition) is 0. The first-order chi connectivity index (χ1) is 13.5. The molecule has 1 heterocycles. The number of rotatable bonds is 7. The van der Waals surface area contributed by atoms with Crippen LogP contribution in [0, 0.1) is 0 Å². The number of amides is 1. The summed E-state index contributed by atoms with van der Waals surface area (Å²) in [5.74, 6) is 0.434. The molecule has 28 heavy (non-hydrogen) atoms. The Hall–Kier alpha value is -2.50. The van der Waals surface area contributed by atoms with Crippen molar-refractivity contribution in [2.24, 2.45) is 0 Å². The van der Waals surface area contributed by atoms with E-state index in [-0.39, 0.29) is 12.5 Å². The first-order valence-electron chi connectivity index (χ1n) is 8.91. The van der Waals surface area contributed by atoms with Crippen LogP contribution in [0.4, 0.5) is 0 Å². The lowest BCUT2D eigenvalue weighted by Crippen LogP contribution is -2.26. The number of halogens is 2. The van der Waals surface area contributed by atoms with Gasteiger partial charge in [0.15, 0.2) is 0 Å². The van der Waals surface area contributed by atoms with Crippen LogP contribution in [-0.2, 0) is 19.7 Å². The molecule has 0 unspecified atom stereocenters. The molecule has 0 radical (unpaired) electrons. The Labute approximate surface area is 174 Å². The van der Waals surface area contributed by atoms with Crippen LogP contribution in [-0.4, -0.2) is 27.6 Å². The van der Waals surface area contributed by atoms with Gasteiger partial charge in [-0.3, -0.25) is 9.48 Å². The van der Waals surface area contributed by atoms with E-state index >= 15 is 0 Å². The first kappa shape index (κ1) is 20.2. The molecule has 0 N–H and O–H groups in total. The first-order valence-corrected chi connectivity index (χ1v) is 9.67. The number of hydrogen-bond acceptors (Lipinski definition) is 3. The van der Waals surface area contributed by atoms with Crippen LogP contribution in [0.15, 0.2) is 54.7 Å². The van der Waals surface area contributed by atoms with Gasteiger partial charge in [0.1, 0.15) is 17.4 Å². The molecule has 2 aromatic carbocycles. The van der Waals surface area contributed by atoms with E-state index in [2.05, 4.69) is 5.10 Å². The molecule has 7 heteroatoms. The van der Waals surface area contributed by atoms with E-state index in [1.54, 1.807) is 36.2 Å². The number of benzene rings is 2. The van der Waals surface area contributed by atoms with Gasteiger partial charge in [0.25, 0.3) is 5.91 Å². The van der Waals surface area contributed by atoms with Crippen LogP contribution in [0.1, 0.15) is 28.5 Å². The highest BCUT2D eigenvalue weighted by Crippen LogP contribution is 2.32. The summed E-state index contributed by atoms with van der Waals surface area (Å²) in [7, 11) is 1.77. The summed E-state index contributed by atoms with van der Waals surface area (Å²) in [4.78, 5) is 14.4. The summed E-state index contributed by atoms with van der Waals surface area (Å²) in [6, 6.07) is 14.5. The second kappa shape index (κ2) is 9.13. The topological polar surface area (TPSA) is 47.4 Å². The Morgan fingerprint density at radius 2 is 1.96 bits per heavy atom. The van der Waals surface area contributed by atoms with Crippen molar-refractivity contribution in [2.75, 3.05) is 7.05 Å². The highest BCUT2D eigenvalue weighted by atomic mass is 35.5. The molecule has 0 bridgehead atoms. The van der Waals surface area contributed by atoms with E-state index in [1.807, 2.05) is 42.1 Å². The molecule has 1 aromatic heterocycles. The molecule has 0 fully saturated rings. The molecular formula is C21H21Cl2N3O2. The van der Waals surface area contributed by atoms with E-state index in [4.69, 9.17) is 27.9 Å². The average molecular weight is 418 g/mol. The minimum absolute atomic E-state index is 0.0753. The highest BCUT2D eigenvalue weighted by molar-refractivity contribution is 6.42. The smallest absolute Gasteiger partial charge is 0.253 e. The van der Waals surface area contributed by atoms with Crippen LogP contribution >= 0.6 is 23.2 Å². The second-order valence-corrected chi connectivity index (χ2v) is 7.15. The summed E-state index contributed by atoms with van der Waals surface area (Å²) in [5, 5.41) is 5.24. The quantitative estimate of drug-likeness (QED) is 0.539. The lowest BCUT2D eigenvalue weighted by Gasteiger charge is -2.16. The summed E-state index contributed by atoms with van der Waals surface area (Å²) in [6.45, 7) is 3.56. The van der Waals surface area contributed by atoms with Crippen molar-refractivity contribution >= 4 is 29.1 Å². The van der Waals surface area contributed by atoms with Gasteiger partial charge in [0.2, 0.25) is 0 Å². The monoisotopic (exact) mass is 417 g/mol. The van der Waals surface area contributed by atoms with Gasteiger partial charge < -0.3 is 9.64 Å². The molecule has 146 valence electrons. The fourth-order valence-corrected chi connectivity index (χ4v) is 3.10. The summed E-state index contributed by atoms with van der Waals surface area (Å²) < 4.78 is 7.60. The maximum Gasteiger partial charge on any atom is 0.253 e. The number of aromatic nitrogens is 2. The third-order valence-corrected chi connectivity index (χ3v) is 5.05. The zero-order valence-corrected chi connectivity index (χ0v) is 17.2. The van der Waals surface area contributed by atoms with Crippen LogP contribution in [0.2, 0.25) is 10.0 Å². The third-order valence-electron chi connectivity index (χ3n) is 4.25. The van der Waals surface area contributed by atoms with Crippen molar-refractivity contribution in [1.82, 2.24) is 14.7 Å². The average Bonchev–Trinajstić information content (AvgIpc) is 3.16. The number of aryl methyl sites for hydroxylation is 1. The van der Waals surface area contributed by atoms with Crippen molar-refractivity contribution in [3.05, 3.63) is 81.6 Å². The lowest BCUT2D eigenvalue weighted by molar-refractivity contribution is 0.0783. The van der Waals surface area contributed by atoms with Crippen molar-refractivity contribution in [1.29, 1.82) is 0 Å². The number of carbonyl (C=O) groups excluding carboxylic acids is 1. The van der Waals surface area contributed by atoms with E-state index in [9.17, 15) is 4.79 Å². The molecule has 3 aromatic rings. The zero-order chi connectivity index (χ0) is 20.1. The lowest BCUT2D eigenvalue weighted by atomic mass is 10.1. The maximum atomic E-state index is 12.8. The molecule has 0 spiro atoms. The van der Waals surface area contributed by atoms with Gasteiger partial charge in [0, 0.05) is 25.4 Å². The molecule has 5 nitrogen and oxygen atoms in total. The van der Waals surface area contributed by atoms with Gasteiger partial charge in [-0.1, -0.05) is 41.4 Å². The molecule has 1 amide bonds. The molecule has 3 rings (SSSR count). The highest BCUT2D eigenvalue weighted by Gasteiger charge is 2.14. The van der Waals surface area contributed by atoms with Crippen molar-refractivity contribution in [3.8, 4) is 5.75 Å². The predicted octanol–water partition coefficient (Wildman–Crippen LogP) is 5.06. The van der Waals surface area contributed by atoms with Crippen LogP contribution in [0.5, 0.6) is 5.75 Å². The standard InChI is InChI=1S/C21H21Cl2N3O2/c1-3-26-11-10-17(24-26)13-25(2)21(27)16-7-4-6-15(12-16)14-28-19-9-5-8-18(22)20(19)23/h4-12H,3,13-14H2,1-2H3. The maximum absolute atomic E-state index is 12.8. The number of nitrogens with zero attached hydrogens (tertiary/aromatic N) is 3. The van der Waals surface area contributed by atoms with Crippen molar-refractivity contribution in [3.63, 3.8) is 0 Å². The molecule has 0 aliphatic carbocycles. The minimum Gasteiger partial charge on any atom is -0.487 e. The molecule has 0 saturated heterocycles. The van der Waals surface area contributed by atoms with Gasteiger partial charge in [-0.15, -0.1) is 0 Å². The van der Waals surface area contributed by atoms with Gasteiger partial charge in [-0.05, 0) is 42.8 Å². The summed E-state index contributed by atoms with van der Waals surface area (Å²) in [5.41, 5.74) is 2.31. The fraction of sp³-hybridized carbons (Fsp3) is 0.238. The normalized spacial score (nSPS) is 10.7. The van der Waals surface area contributed by atoms with E-state index < -0.39 is 0 Å². The van der Waals surface area contributed by atoms with Gasteiger partial charge in [-0.2, -0.15) is 5.10 Å². The Morgan fingerprint density at radius 1 is 1.18 bits per heavy atom. The van der Waals surface area contributed by atoms with Crippen LogP contribution in [0.3, 0.4) is 0 Å². The van der Waals surface area contributed by atoms with Gasteiger partial charge in [-0.25, -0.2) is 0 Å². The Bertz CT molecular complexity index is 972. The number of ether oxygens (including phenoxy) is 1. The third kappa shape index (κ3) is 4.86. The van der Waals surface area contributed by atoms with Crippen LogP contribution < -0.4 is 4.74 Å². The van der Waals surface area contributed by atoms with E-state index in [0.717, 1.165) is 17.8 Å². The number of carbonyl (C=O) groups is 1.